The number of rotatable bonds is 6. The molecular formula is C25H23N3O5S3. The molecule has 2 bridgehead atoms. The predicted molar refractivity (Wildman–Crippen MR) is 138 cm³/mol. The second-order valence-corrected chi connectivity index (χ2v) is 12.1. The van der Waals surface area contributed by atoms with E-state index in [9.17, 15) is 24.6 Å². The normalized spacial score (nSPS) is 20.3. The first-order valence-electron chi connectivity index (χ1n) is 11.3. The predicted octanol–water partition coefficient (Wildman–Crippen LogP) is 4.53. The van der Waals surface area contributed by atoms with E-state index in [0.717, 1.165) is 40.1 Å². The number of nitrogens with zero attached hydrogens (tertiary/aromatic N) is 3. The number of amides is 1. The van der Waals surface area contributed by atoms with Crippen LogP contribution in [0.2, 0.25) is 0 Å². The molecule has 186 valence electrons. The fourth-order valence-corrected chi connectivity index (χ4v) is 7.32. The molecule has 0 aliphatic heterocycles. The van der Waals surface area contributed by atoms with Gasteiger partial charge in [0.15, 0.2) is 14.5 Å². The van der Waals surface area contributed by atoms with Crippen molar-refractivity contribution in [3.8, 4) is 0 Å². The summed E-state index contributed by atoms with van der Waals surface area (Å²) in [5, 5.41) is 28.7. The standard InChI is InChI=1S/C25H23N3O5S3/c1-28(25(33)36-24-27-26-23(34-2)35-24)11-16-17(12-7-9-15(10-8-12)22(31)32)21(30)19-14-5-3-13(4-6-14)18(19)20(16)29/h3,5,7-10,16-17,21,30H,4,6,11H2,1-2H3,(H,31,32). The van der Waals surface area contributed by atoms with Crippen LogP contribution in [0.3, 0.4) is 0 Å². The molecule has 1 heterocycles. The van der Waals surface area contributed by atoms with Gasteiger partial charge in [-0.1, -0.05) is 47.4 Å². The Hall–Kier alpha value is -2.73. The number of aliphatic hydroxyl groups excluding tert-OH is 1. The molecule has 3 atom stereocenters. The molecule has 8 nitrogen and oxygen atoms in total. The number of thioether (sulfide) groups is 2. The molecule has 11 heteroatoms. The van der Waals surface area contributed by atoms with Gasteiger partial charge in [0.05, 0.1) is 11.7 Å². The van der Waals surface area contributed by atoms with Crippen LogP contribution in [-0.4, -0.2) is 62.2 Å². The largest absolute Gasteiger partial charge is 0.478 e. The van der Waals surface area contributed by atoms with E-state index in [1.807, 2.05) is 18.4 Å². The second-order valence-electron chi connectivity index (χ2n) is 8.83. The maximum absolute atomic E-state index is 13.9. The molecule has 0 fully saturated rings. The quantitative estimate of drug-likeness (QED) is 0.434. The summed E-state index contributed by atoms with van der Waals surface area (Å²) in [6, 6.07) is 10.2. The van der Waals surface area contributed by atoms with E-state index in [0.29, 0.717) is 21.0 Å². The molecule has 6 rings (SSSR count). The van der Waals surface area contributed by atoms with E-state index in [1.165, 1.54) is 40.1 Å². The molecule has 3 aliphatic rings. The van der Waals surface area contributed by atoms with Crippen molar-refractivity contribution in [3.63, 3.8) is 0 Å². The monoisotopic (exact) mass is 541 g/mol. The van der Waals surface area contributed by atoms with Gasteiger partial charge in [0.1, 0.15) is 0 Å². The van der Waals surface area contributed by atoms with Gasteiger partial charge in [-0.05, 0) is 53.5 Å². The number of aryl methyl sites for hydroxylation is 2. The van der Waals surface area contributed by atoms with Crippen molar-refractivity contribution in [1.29, 1.82) is 0 Å². The Balaban J connectivity index is 1.48. The van der Waals surface area contributed by atoms with Crippen molar-refractivity contribution in [2.45, 2.75) is 33.5 Å². The van der Waals surface area contributed by atoms with Gasteiger partial charge in [-0.15, -0.1) is 10.2 Å². The van der Waals surface area contributed by atoms with E-state index >= 15 is 0 Å². The first-order chi connectivity index (χ1) is 17.3. The number of carbonyl (C=O) groups excluding carboxylic acids is 2. The Labute approximate surface area is 220 Å². The molecule has 1 aromatic heterocycles. The molecule has 0 saturated heterocycles. The van der Waals surface area contributed by atoms with Crippen molar-refractivity contribution in [1.82, 2.24) is 15.1 Å². The molecule has 2 N–H and O–H groups in total. The van der Waals surface area contributed by atoms with Gasteiger partial charge in [-0.2, -0.15) is 0 Å². The zero-order chi connectivity index (χ0) is 25.6. The number of benzene rings is 2. The Kier molecular flexibility index (Phi) is 6.90. The summed E-state index contributed by atoms with van der Waals surface area (Å²) in [7, 11) is 1.63. The number of fused-ring (bicyclic) bond motifs is 2. The highest BCUT2D eigenvalue weighted by Gasteiger charge is 2.46. The van der Waals surface area contributed by atoms with Crippen molar-refractivity contribution in [2.75, 3.05) is 19.8 Å². The van der Waals surface area contributed by atoms with Crippen LogP contribution in [-0.2, 0) is 12.8 Å². The van der Waals surface area contributed by atoms with Gasteiger partial charge in [0.2, 0.25) is 0 Å². The molecule has 2 aromatic carbocycles. The van der Waals surface area contributed by atoms with Gasteiger partial charge in [-0.25, -0.2) is 4.79 Å². The Morgan fingerprint density at radius 2 is 1.75 bits per heavy atom. The summed E-state index contributed by atoms with van der Waals surface area (Å²) < 4.78 is 1.29. The molecule has 3 unspecified atom stereocenters. The number of Topliss-reactive ketones (excluding diaryl/α,β-unsaturated/α-hetero) is 1. The first kappa shape index (κ1) is 24.9. The topological polar surface area (TPSA) is 121 Å². The number of hydrogen-bond acceptors (Lipinski definition) is 9. The first-order valence-corrected chi connectivity index (χ1v) is 14.1. The minimum absolute atomic E-state index is 0.0932. The molecule has 1 amide bonds. The van der Waals surface area contributed by atoms with Crippen LogP contribution in [0.15, 0.2) is 45.1 Å². The highest BCUT2D eigenvalue weighted by Crippen LogP contribution is 2.48. The van der Waals surface area contributed by atoms with Crippen molar-refractivity contribution < 1.29 is 24.6 Å². The smallest absolute Gasteiger partial charge is 0.335 e. The molecule has 0 saturated carbocycles. The van der Waals surface area contributed by atoms with Crippen LogP contribution in [0.25, 0.3) is 0 Å². The summed E-state index contributed by atoms with van der Waals surface area (Å²) in [6.07, 6.45) is 2.47. The van der Waals surface area contributed by atoms with E-state index in [1.54, 1.807) is 19.2 Å². The third kappa shape index (κ3) is 4.45. The van der Waals surface area contributed by atoms with Gasteiger partial charge in [0.25, 0.3) is 5.24 Å². The number of ketones is 1. The number of hydrogen-bond donors (Lipinski definition) is 2. The molecule has 3 aromatic rings. The third-order valence-electron chi connectivity index (χ3n) is 6.80. The summed E-state index contributed by atoms with van der Waals surface area (Å²) in [5.41, 5.74) is 3.94. The Bertz CT molecular complexity index is 1360. The summed E-state index contributed by atoms with van der Waals surface area (Å²) >= 11 is 3.75. The highest BCUT2D eigenvalue weighted by molar-refractivity contribution is 8.15. The van der Waals surface area contributed by atoms with Crippen LogP contribution in [0.1, 0.15) is 55.0 Å². The maximum atomic E-state index is 13.9. The lowest BCUT2D eigenvalue weighted by atomic mass is 9.65. The SMILES string of the molecule is CSc1nnc(SC(=O)N(C)CC2C(=O)c3c4ccc(c3C(O)C2c2ccc(C(=O)O)cc2)CC4)s1. The Morgan fingerprint density at radius 3 is 2.36 bits per heavy atom. The van der Waals surface area contributed by atoms with Crippen molar-refractivity contribution in [2.24, 2.45) is 5.92 Å². The molecule has 0 radical (unpaired) electrons. The summed E-state index contributed by atoms with van der Waals surface area (Å²) in [5.74, 6) is -2.45. The Morgan fingerprint density at radius 1 is 1.08 bits per heavy atom. The molecular weight excluding hydrogens is 518 g/mol. The van der Waals surface area contributed by atoms with Gasteiger partial charge in [0, 0.05) is 42.8 Å². The van der Waals surface area contributed by atoms with E-state index in [2.05, 4.69) is 10.2 Å². The number of aromatic nitrogens is 2. The van der Waals surface area contributed by atoms with Crippen LogP contribution in [0.4, 0.5) is 4.79 Å². The number of carboxylic acid groups (broad SMARTS) is 1. The van der Waals surface area contributed by atoms with E-state index in [-0.39, 0.29) is 23.1 Å². The minimum atomic E-state index is -1.05. The summed E-state index contributed by atoms with van der Waals surface area (Å²) in [4.78, 5) is 39.7. The molecule has 3 aliphatic carbocycles. The van der Waals surface area contributed by atoms with E-state index < -0.39 is 23.9 Å². The highest BCUT2D eigenvalue weighted by atomic mass is 32.2. The summed E-state index contributed by atoms with van der Waals surface area (Å²) in [6.45, 7) is 0.102. The van der Waals surface area contributed by atoms with Gasteiger partial charge in [-0.3, -0.25) is 9.59 Å². The minimum Gasteiger partial charge on any atom is -0.478 e. The van der Waals surface area contributed by atoms with Crippen LogP contribution in [0, 0.1) is 5.92 Å². The average molecular weight is 542 g/mol. The number of carboxylic acids is 1. The van der Waals surface area contributed by atoms with E-state index in [4.69, 9.17) is 0 Å². The van der Waals surface area contributed by atoms with Crippen molar-refractivity contribution in [3.05, 3.63) is 69.8 Å². The lowest BCUT2D eigenvalue weighted by Crippen LogP contribution is -2.43. The third-order valence-corrected chi connectivity index (χ3v) is 9.74. The number of aromatic carboxylic acids is 1. The molecule has 36 heavy (non-hydrogen) atoms. The lowest BCUT2D eigenvalue weighted by molar-refractivity contribution is 0.0633. The van der Waals surface area contributed by atoms with Crippen LogP contribution in [0.5, 0.6) is 0 Å². The fourth-order valence-electron chi connectivity index (χ4n) is 5.08. The second kappa shape index (κ2) is 9.97. The van der Waals surface area contributed by atoms with Crippen LogP contribution >= 0.6 is 34.9 Å². The number of carbonyl (C=O) groups is 3. The lowest BCUT2D eigenvalue weighted by Gasteiger charge is -2.41. The van der Waals surface area contributed by atoms with Crippen LogP contribution < -0.4 is 0 Å². The van der Waals surface area contributed by atoms with Crippen molar-refractivity contribution >= 4 is 51.9 Å². The zero-order valence-corrected chi connectivity index (χ0v) is 22.0. The number of aliphatic hydroxyl groups is 1. The zero-order valence-electron chi connectivity index (χ0n) is 19.5. The van der Waals surface area contributed by atoms with Gasteiger partial charge >= 0.3 is 5.97 Å². The maximum Gasteiger partial charge on any atom is 0.335 e. The molecule has 0 spiro atoms. The average Bonchev–Trinajstić information content (AvgIpc) is 3.35. The van der Waals surface area contributed by atoms with Gasteiger partial charge < -0.3 is 15.1 Å². The fraction of sp³-hybridized carbons (Fsp3) is 0.320.